The van der Waals surface area contributed by atoms with Crippen LogP contribution in [0.5, 0.6) is 0 Å². The number of aryl methyl sites for hydroxylation is 1. The molecule has 0 aromatic heterocycles. The fourth-order valence-corrected chi connectivity index (χ4v) is 1.49. The molecule has 2 N–H and O–H groups in total. The summed E-state index contributed by atoms with van der Waals surface area (Å²) >= 11 is 11.6. The molecule has 0 unspecified atom stereocenters. The van der Waals surface area contributed by atoms with Crippen molar-refractivity contribution in [3.05, 3.63) is 33.3 Å². The van der Waals surface area contributed by atoms with E-state index >= 15 is 0 Å². The quantitative estimate of drug-likeness (QED) is 0.827. The van der Waals surface area contributed by atoms with E-state index in [4.69, 9.17) is 28.3 Å². The number of halogens is 2. The van der Waals surface area contributed by atoms with Crippen molar-refractivity contribution < 1.29 is 15.0 Å². The molecule has 0 aliphatic carbocycles. The Morgan fingerprint density at radius 2 is 1.93 bits per heavy atom. The minimum atomic E-state index is -1.64. The summed E-state index contributed by atoms with van der Waals surface area (Å²) in [5.41, 5.74) is 0.841. The van der Waals surface area contributed by atoms with Gasteiger partial charge in [0.2, 0.25) is 0 Å². The summed E-state index contributed by atoms with van der Waals surface area (Å²) in [4.78, 5) is 10.5. The van der Waals surface area contributed by atoms with Gasteiger partial charge in [0.05, 0.1) is 10.0 Å². The third-order valence-electron chi connectivity index (χ3n) is 1.83. The van der Waals surface area contributed by atoms with E-state index < -0.39 is 12.1 Å². The molecule has 76 valence electrons. The second-order valence-corrected chi connectivity index (χ2v) is 3.60. The molecule has 1 aromatic carbocycles. The van der Waals surface area contributed by atoms with E-state index in [2.05, 4.69) is 0 Å². The van der Waals surface area contributed by atoms with Gasteiger partial charge in [-0.05, 0) is 12.5 Å². The summed E-state index contributed by atoms with van der Waals surface area (Å²) < 4.78 is 0. The van der Waals surface area contributed by atoms with Crippen LogP contribution in [-0.2, 0) is 4.79 Å². The van der Waals surface area contributed by atoms with Crippen molar-refractivity contribution in [2.75, 3.05) is 0 Å². The number of aliphatic carboxylic acids is 1. The van der Waals surface area contributed by atoms with E-state index in [1.807, 2.05) is 0 Å². The maximum Gasteiger partial charge on any atom is 0.337 e. The molecule has 0 amide bonds. The fourth-order valence-electron chi connectivity index (χ4n) is 1.01. The van der Waals surface area contributed by atoms with Gasteiger partial charge in [-0.25, -0.2) is 4.79 Å². The van der Waals surface area contributed by atoms with Crippen molar-refractivity contribution >= 4 is 29.2 Å². The van der Waals surface area contributed by atoms with E-state index in [0.29, 0.717) is 0 Å². The lowest BCUT2D eigenvalue weighted by Crippen LogP contribution is -2.11. The van der Waals surface area contributed by atoms with Gasteiger partial charge in [0, 0.05) is 5.56 Å². The van der Waals surface area contributed by atoms with Gasteiger partial charge >= 0.3 is 5.97 Å². The van der Waals surface area contributed by atoms with Gasteiger partial charge in [0.1, 0.15) is 0 Å². The zero-order valence-corrected chi connectivity index (χ0v) is 8.80. The van der Waals surface area contributed by atoms with E-state index in [-0.39, 0.29) is 15.6 Å². The SMILES string of the molecule is Cc1ccc([C@H](O)C(=O)O)c(Cl)c1Cl. The van der Waals surface area contributed by atoms with Crippen LogP contribution in [0.2, 0.25) is 10.0 Å². The highest BCUT2D eigenvalue weighted by molar-refractivity contribution is 6.43. The molecule has 0 saturated carbocycles. The third-order valence-corrected chi connectivity index (χ3v) is 2.82. The molecule has 1 rings (SSSR count). The zero-order valence-electron chi connectivity index (χ0n) is 7.29. The van der Waals surface area contributed by atoms with Crippen LogP contribution in [0.1, 0.15) is 17.2 Å². The summed E-state index contributed by atoms with van der Waals surface area (Å²) in [6.07, 6.45) is -1.64. The van der Waals surface area contributed by atoms with Crippen molar-refractivity contribution in [2.45, 2.75) is 13.0 Å². The topological polar surface area (TPSA) is 57.5 Å². The predicted molar refractivity (Wildman–Crippen MR) is 53.8 cm³/mol. The third kappa shape index (κ3) is 2.00. The first kappa shape index (κ1) is 11.3. The molecule has 0 aliphatic heterocycles. The zero-order chi connectivity index (χ0) is 10.9. The standard InChI is InChI=1S/C9H8Cl2O3/c1-4-2-3-5(7(11)6(4)10)8(12)9(13)14/h2-3,8,12H,1H3,(H,13,14)/t8-/m0/s1. The normalized spacial score (nSPS) is 12.6. The minimum Gasteiger partial charge on any atom is -0.479 e. The Morgan fingerprint density at radius 1 is 1.36 bits per heavy atom. The molecule has 1 aromatic rings. The minimum absolute atomic E-state index is 0.0848. The van der Waals surface area contributed by atoms with Crippen molar-refractivity contribution in [1.82, 2.24) is 0 Å². The number of hydrogen-bond donors (Lipinski definition) is 2. The number of benzene rings is 1. The fraction of sp³-hybridized carbons (Fsp3) is 0.222. The van der Waals surface area contributed by atoms with Crippen molar-refractivity contribution in [3.8, 4) is 0 Å². The van der Waals surface area contributed by atoms with Crippen molar-refractivity contribution in [1.29, 1.82) is 0 Å². The highest BCUT2D eigenvalue weighted by atomic mass is 35.5. The van der Waals surface area contributed by atoms with Crippen LogP contribution < -0.4 is 0 Å². The summed E-state index contributed by atoms with van der Waals surface area (Å²) in [5, 5.41) is 18.2. The number of carboxylic acid groups (broad SMARTS) is 1. The highest BCUT2D eigenvalue weighted by Crippen LogP contribution is 2.32. The van der Waals surface area contributed by atoms with Gasteiger partial charge in [-0.1, -0.05) is 35.3 Å². The lowest BCUT2D eigenvalue weighted by Gasteiger charge is -2.10. The van der Waals surface area contributed by atoms with Crippen LogP contribution in [0.15, 0.2) is 12.1 Å². The Kier molecular flexibility index (Phi) is 3.37. The summed E-state index contributed by atoms with van der Waals surface area (Å²) in [5.74, 6) is -1.35. The molecule has 1 atom stereocenters. The second-order valence-electron chi connectivity index (χ2n) is 2.84. The molecule has 0 radical (unpaired) electrons. The number of aliphatic hydroxyl groups is 1. The molecule has 0 heterocycles. The van der Waals surface area contributed by atoms with Crippen molar-refractivity contribution in [3.63, 3.8) is 0 Å². The highest BCUT2D eigenvalue weighted by Gasteiger charge is 2.20. The first-order chi connectivity index (χ1) is 6.45. The number of aliphatic hydroxyl groups excluding tert-OH is 1. The smallest absolute Gasteiger partial charge is 0.337 e. The van der Waals surface area contributed by atoms with Gasteiger partial charge in [-0.3, -0.25) is 0 Å². The maximum atomic E-state index is 10.5. The monoisotopic (exact) mass is 234 g/mol. The van der Waals surface area contributed by atoms with E-state index in [0.717, 1.165) is 5.56 Å². The van der Waals surface area contributed by atoms with Gasteiger partial charge in [-0.15, -0.1) is 0 Å². The number of hydrogen-bond acceptors (Lipinski definition) is 2. The van der Waals surface area contributed by atoms with E-state index in [1.165, 1.54) is 6.07 Å². The summed E-state index contributed by atoms with van der Waals surface area (Å²) in [7, 11) is 0. The summed E-state index contributed by atoms with van der Waals surface area (Å²) in [6.45, 7) is 1.74. The van der Waals surface area contributed by atoms with Gasteiger partial charge in [0.25, 0.3) is 0 Å². The first-order valence-corrected chi connectivity index (χ1v) is 4.56. The first-order valence-electron chi connectivity index (χ1n) is 3.80. The Morgan fingerprint density at radius 3 is 2.43 bits per heavy atom. The van der Waals surface area contributed by atoms with Crippen LogP contribution in [0.4, 0.5) is 0 Å². The van der Waals surface area contributed by atoms with E-state index in [9.17, 15) is 9.90 Å². The lowest BCUT2D eigenvalue weighted by molar-refractivity contribution is -0.146. The molecule has 0 fully saturated rings. The van der Waals surface area contributed by atoms with Gasteiger partial charge < -0.3 is 10.2 Å². The molecule has 3 nitrogen and oxygen atoms in total. The summed E-state index contributed by atoms with van der Waals surface area (Å²) in [6, 6.07) is 3.05. The predicted octanol–water partition coefficient (Wildman–Crippen LogP) is 2.42. The lowest BCUT2D eigenvalue weighted by atomic mass is 10.1. The Labute approximate surface area is 90.9 Å². The second kappa shape index (κ2) is 4.17. The van der Waals surface area contributed by atoms with Crippen LogP contribution >= 0.6 is 23.2 Å². The van der Waals surface area contributed by atoms with Crippen molar-refractivity contribution in [2.24, 2.45) is 0 Å². The Balaban J connectivity index is 3.24. The molecule has 14 heavy (non-hydrogen) atoms. The Bertz CT molecular complexity index is 377. The molecule has 0 aliphatic rings. The van der Waals surface area contributed by atoms with Crippen LogP contribution in [0.3, 0.4) is 0 Å². The van der Waals surface area contributed by atoms with Crippen LogP contribution in [0.25, 0.3) is 0 Å². The molecule has 0 saturated heterocycles. The van der Waals surface area contributed by atoms with E-state index in [1.54, 1.807) is 13.0 Å². The average molecular weight is 235 g/mol. The van der Waals surface area contributed by atoms with Crippen LogP contribution in [0, 0.1) is 6.92 Å². The number of carboxylic acids is 1. The molecule has 5 heteroatoms. The average Bonchev–Trinajstić information content (AvgIpc) is 2.13. The largest absolute Gasteiger partial charge is 0.479 e. The number of carbonyl (C=O) groups is 1. The Hall–Kier alpha value is -0.770. The molecular weight excluding hydrogens is 227 g/mol. The van der Waals surface area contributed by atoms with Crippen LogP contribution in [-0.4, -0.2) is 16.2 Å². The molecular formula is C9H8Cl2O3. The maximum absolute atomic E-state index is 10.5. The number of rotatable bonds is 2. The van der Waals surface area contributed by atoms with Gasteiger partial charge in [-0.2, -0.15) is 0 Å². The molecule has 0 bridgehead atoms. The van der Waals surface area contributed by atoms with Gasteiger partial charge in [0.15, 0.2) is 6.10 Å². The molecule has 0 spiro atoms.